The molecule has 0 spiro atoms. The number of hydrogen-bond donors (Lipinski definition) is 2. The van der Waals surface area contributed by atoms with Crippen LogP contribution in [0.25, 0.3) is 22.4 Å². The minimum absolute atomic E-state index is 0.125. The molecule has 6 nitrogen and oxygen atoms in total. The summed E-state index contributed by atoms with van der Waals surface area (Å²) in [5.41, 5.74) is 2.08. The van der Waals surface area contributed by atoms with Crippen molar-refractivity contribution in [3.05, 3.63) is 63.2 Å². The number of rotatable bonds is 2. The standard InChI is InChI=1S/C21H22N4O2/c26-19-10-4-8-17(23-19)20-21(27)25(18-9-2-1-7-16(18)24-20)15-11-13-5-3-6-14(12-15)22-13/h1-2,4,7-10,13-15,22H,3,5-6,11-12H2,(H,23,26). The fourth-order valence-electron chi connectivity index (χ4n) is 4.72. The van der Waals surface area contributed by atoms with E-state index in [9.17, 15) is 9.59 Å². The first-order valence-corrected chi connectivity index (χ1v) is 9.66. The summed E-state index contributed by atoms with van der Waals surface area (Å²) in [5.74, 6) is 0. The molecule has 3 aromatic rings. The van der Waals surface area contributed by atoms with Crippen LogP contribution in [0.5, 0.6) is 0 Å². The molecule has 6 heteroatoms. The van der Waals surface area contributed by atoms with Gasteiger partial charge in [-0.15, -0.1) is 0 Å². The third-order valence-corrected chi connectivity index (χ3v) is 5.87. The van der Waals surface area contributed by atoms with Crippen LogP contribution in [0.15, 0.2) is 52.1 Å². The number of piperidine rings is 2. The highest BCUT2D eigenvalue weighted by Crippen LogP contribution is 2.33. The average Bonchev–Trinajstić information content (AvgIpc) is 2.67. The highest BCUT2D eigenvalue weighted by atomic mass is 16.1. The molecule has 0 aliphatic carbocycles. The zero-order valence-electron chi connectivity index (χ0n) is 15.0. The molecular weight excluding hydrogens is 340 g/mol. The SMILES string of the molecule is O=c1cccc(-c2nc3ccccc3n(C3CC4CCCC(C3)N4)c2=O)[nH]1. The lowest BCUT2D eigenvalue weighted by molar-refractivity contribution is 0.189. The molecule has 0 amide bonds. The molecule has 2 atom stereocenters. The number of hydrogen-bond acceptors (Lipinski definition) is 4. The Morgan fingerprint density at radius 3 is 2.52 bits per heavy atom. The van der Waals surface area contributed by atoms with E-state index in [1.807, 2.05) is 28.8 Å². The van der Waals surface area contributed by atoms with E-state index in [-0.39, 0.29) is 17.2 Å². The van der Waals surface area contributed by atoms with Crippen LogP contribution >= 0.6 is 0 Å². The van der Waals surface area contributed by atoms with Crippen LogP contribution < -0.4 is 16.4 Å². The fourth-order valence-corrected chi connectivity index (χ4v) is 4.72. The van der Waals surface area contributed by atoms with E-state index >= 15 is 0 Å². The van der Waals surface area contributed by atoms with Gasteiger partial charge in [-0.05, 0) is 43.9 Å². The van der Waals surface area contributed by atoms with E-state index < -0.39 is 0 Å². The molecule has 2 aliphatic rings. The Kier molecular flexibility index (Phi) is 3.93. The summed E-state index contributed by atoms with van der Waals surface area (Å²) in [4.78, 5) is 32.6. The summed E-state index contributed by atoms with van der Waals surface area (Å²) in [6.45, 7) is 0. The molecular formula is C21H22N4O2. The molecule has 2 N–H and O–H groups in total. The smallest absolute Gasteiger partial charge is 0.279 e. The first-order chi connectivity index (χ1) is 13.2. The zero-order valence-corrected chi connectivity index (χ0v) is 15.0. The summed E-state index contributed by atoms with van der Waals surface area (Å²) >= 11 is 0. The lowest BCUT2D eigenvalue weighted by Gasteiger charge is -2.41. The number of pyridine rings is 1. The number of H-pyrrole nitrogens is 1. The van der Waals surface area contributed by atoms with Gasteiger partial charge in [-0.25, -0.2) is 4.98 Å². The van der Waals surface area contributed by atoms with Gasteiger partial charge in [0.2, 0.25) is 5.56 Å². The monoisotopic (exact) mass is 362 g/mol. The first-order valence-electron chi connectivity index (χ1n) is 9.66. The number of para-hydroxylation sites is 2. The van der Waals surface area contributed by atoms with Crippen LogP contribution in [0, 0.1) is 0 Å². The van der Waals surface area contributed by atoms with E-state index in [1.54, 1.807) is 12.1 Å². The molecule has 2 unspecified atom stereocenters. The van der Waals surface area contributed by atoms with Crippen molar-refractivity contribution in [2.24, 2.45) is 0 Å². The van der Waals surface area contributed by atoms with Crippen molar-refractivity contribution in [2.45, 2.75) is 50.2 Å². The second kappa shape index (κ2) is 6.46. The van der Waals surface area contributed by atoms with E-state index in [1.165, 1.54) is 25.3 Å². The van der Waals surface area contributed by atoms with E-state index in [0.717, 1.165) is 23.9 Å². The van der Waals surface area contributed by atoms with Gasteiger partial charge in [-0.1, -0.05) is 24.6 Å². The average molecular weight is 362 g/mol. The van der Waals surface area contributed by atoms with Crippen LogP contribution in [-0.2, 0) is 0 Å². The van der Waals surface area contributed by atoms with Crippen molar-refractivity contribution < 1.29 is 0 Å². The van der Waals surface area contributed by atoms with E-state index in [4.69, 9.17) is 0 Å². The topological polar surface area (TPSA) is 79.8 Å². The molecule has 4 heterocycles. The third kappa shape index (κ3) is 2.90. The van der Waals surface area contributed by atoms with Crippen molar-refractivity contribution >= 4 is 11.0 Å². The second-order valence-electron chi connectivity index (χ2n) is 7.67. The molecule has 138 valence electrons. The molecule has 2 aliphatic heterocycles. The van der Waals surface area contributed by atoms with Gasteiger partial charge in [-0.2, -0.15) is 0 Å². The lowest BCUT2D eigenvalue weighted by atomic mass is 9.84. The highest BCUT2D eigenvalue weighted by Gasteiger charge is 2.33. The van der Waals surface area contributed by atoms with Gasteiger partial charge in [0.15, 0.2) is 5.69 Å². The van der Waals surface area contributed by atoms with Gasteiger partial charge in [0.1, 0.15) is 0 Å². The largest absolute Gasteiger partial charge is 0.320 e. The van der Waals surface area contributed by atoms with E-state index in [0.29, 0.717) is 23.5 Å². The number of nitrogens with one attached hydrogen (secondary N) is 2. The van der Waals surface area contributed by atoms with Crippen molar-refractivity contribution in [1.82, 2.24) is 19.9 Å². The first kappa shape index (κ1) is 16.4. The molecule has 2 aromatic heterocycles. The van der Waals surface area contributed by atoms with Gasteiger partial charge >= 0.3 is 0 Å². The van der Waals surface area contributed by atoms with Crippen LogP contribution in [0.1, 0.15) is 38.1 Å². The summed E-state index contributed by atoms with van der Waals surface area (Å²) in [5, 5.41) is 3.70. The molecule has 5 rings (SSSR count). The van der Waals surface area contributed by atoms with Gasteiger partial charge in [0.25, 0.3) is 5.56 Å². The summed E-state index contributed by atoms with van der Waals surface area (Å²) in [6, 6.07) is 13.7. The van der Waals surface area contributed by atoms with Crippen molar-refractivity contribution in [3.63, 3.8) is 0 Å². The van der Waals surface area contributed by atoms with Gasteiger partial charge in [0.05, 0.1) is 16.7 Å². The minimum Gasteiger partial charge on any atom is -0.320 e. The lowest BCUT2D eigenvalue weighted by Crippen LogP contribution is -2.50. The maximum atomic E-state index is 13.5. The molecule has 2 saturated heterocycles. The summed E-state index contributed by atoms with van der Waals surface area (Å²) in [7, 11) is 0. The van der Waals surface area contributed by atoms with Crippen LogP contribution in [0.4, 0.5) is 0 Å². The van der Waals surface area contributed by atoms with Gasteiger partial charge in [0, 0.05) is 24.2 Å². The predicted octanol–water partition coefficient (Wildman–Crippen LogP) is 2.60. The summed E-state index contributed by atoms with van der Waals surface area (Å²) < 4.78 is 1.93. The molecule has 1 aromatic carbocycles. The maximum Gasteiger partial charge on any atom is 0.279 e. The quantitative estimate of drug-likeness (QED) is 0.734. The normalized spacial score (nSPS) is 24.8. The van der Waals surface area contributed by atoms with Crippen molar-refractivity contribution in [2.75, 3.05) is 0 Å². The summed E-state index contributed by atoms with van der Waals surface area (Å²) in [6.07, 6.45) is 5.51. The number of benzene rings is 1. The maximum absolute atomic E-state index is 13.5. The van der Waals surface area contributed by atoms with Gasteiger partial charge < -0.3 is 14.9 Å². The van der Waals surface area contributed by atoms with Crippen molar-refractivity contribution in [1.29, 1.82) is 0 Å². The number of aromatic nitrogens is 3. The Labute approximate surface area is 156 Å². The molecule has 0 saturated carbocycles. The fraction of sp³-hybridized carbons (Fsp3) is 0.381. The number of nitrogens with zero attached hydrogens (tertiary/aromatic N) is 2. The third-order valence-electron chi connectivity index (χ3n) is 5.87. The van der Waals surface area contributed by atoms with Crippen LogP contribution in [0.3, 0.4) is 0 Å². The second-order valence-corrected chi connectivity index (χ2v) is 7.67. The Hall–Kier alpha value is -2.73. The molecule has 0 radical (unpaired) electrons. The molecule has 2 fully saturated rings. The zero-order chi connectivity index (χ0) is 18.4. The number of aromatic amines is 1. The predicted molar refractivity (Wildman–Crippen MR) is 105 cm³/mol. The molecule has 2 bridgehead atoms. The van der Waals surface area contributed by atoms with Crippen LogP contribution in [0.2, 0.25) is 0 Å². The Bertz CT molecular complexity index is 1100. The van der Waals surface area contributed by atoms with E-state index in [2.05, 4.69) is 15.3 Å². The Morgan fingerprint density at radius 1 is 0.963 bits per heavy atom. The number of fused-ring (bicyclic) bond motifs is 3. The minimum atomic E-state index is -0.232. The highest BCUT2D eigenvalue weighted by molar-refractivity contribution is 5.77. The Balaban J connectivity index is 1.72. The molecule has 27 heavy (non-hydrogen) atoms. The van der Waals surface area contributed by atoms with Crippen LogP contribution in [-0.4, -0.2) is 26.6 Å². The van der Waals surface area contributed by atoms with Gasteiger partial charge in [-0.3, -0.25) is 9.59 Å². The van der Waals surface area contributed by atoms with Crippen molar-refractivity contribution in [3.8, 4) is 11.4 Å². The Morgan fingerprint density at radius 2 is 1.74 bits per heavy atom.